The number of fused-ring (bicyclic) bond motifs is 1. The topological polar surface area (TPSA) is 76.3 Å². The van der Waals surface area contributed by atoms with Crippen molar-refractivity contribution >= 4 is 22.4 Å². The number of anilines is 2. The molecule has 6 nitrogen and oxygen atoms in total. The van der Waals surface area contributed by atoms with Crippen molar-refractivity contribution in [1.82, 2.24) is 14.9 Å². The Kier molecular flexibility index (Phi) is 7.65. The molecule has 0 spiro atoms. The number of benzene rings is 3. The lowest BCUT2D eigenvalue weighted by molar-refractivity contribution is 0.193. The van der Waals surface area contributed by atoms with Gasteiger partial charge in [-0.05, 0) is 87.3 Å². The first kappa shape index (κ1) is 24.8. The van der Waals surface area contributed by atoms with Gasteiger partial charge in [0.2, 0.25) is 0 Å². The Hall–Kier alpha value is -3.92. The fraction of sp³-hybridized carbons (Fsp3) is 0.290. The van der Waals surface area contributed by atoms with Crippen LogP contribution in [0, 0.1) is 24.7 Å². The Bertz CT molecular complexity index is 1420. The molecule has 1 aliphatic heterocycles. The number of aryl methyl sites for hydroxylation is 1. The Morgan fingerprint density at radius 1 is 1.11 bits per heavy atom. The summed E-state index contributed by atoms with van der Waals surface area (Å²) in [5.41, 5.74) is 9.82. The lowest BCUT2D eigenvalue weighted by Gasteiger charge is -2.31. The van der Waals surface area contributed by atoms with Gasteiger partial charge in [-0.3, -0.25) is 0 Å². The van der Waals surface area contributed by atoms with Gasteiger partial charge < -0.3 is 20.7 Å². The standard InChI is InChI=1S/C31H33N5O/c1-22-17-26(13-15-30(22)37-27-8-4-3-5-9-27)35-31-28-18-24(12-14-29(28)33-21-34-31)10-11-25-7-6-16-36(20-25)19-23(2)32/h3-5,8-9,12-15,17-18,21,23,25H,6-7,16,19-20,32H2,1-2H3,(H,33,34,35). The normalized spacial score (nSPS) is 16.6. The third-order valence-corrected chi connectivity index (χ3v) is 6.52. The Labute approximate surface area is 218 Å². The number of hydrogen-bond donors (Lipinski definition) is 2. The first-order chi connectivity index (χ1) is 18.0. The number of aromatic nitrogens is 2. The first-order valence-electron chi connectivity index (χ1n) is 12.9. The molecule has 1 aromatic heterocycles. The molecule has 2 unspecified atom stereocenters. The van der Waals surface area contributed by atoms with Crippen molar-refractivity contribution in [2.75, 3.05) is 25.0 Å². The van der Waals surface area contributed by atoms with Gasteiger partial charge in [0, 0.05) is 41.7 Å². The maximum absolute atomic E-state index is 6.02. The second-order valence-corrected chi connectivity index (χ2v) is 9.82. The third-order valence-electron chi connectivity index (χ3n) is 6.52. The minimum Gasteiger partial charge on any atom is -0.457 e. The van der Waals surface area contributed by atoms with Crippen molar-refractivity contribution < 1.29 is 4.74 Å². The van der Waals surface area contributed by atoms with Crippen LogP contribution in [0.3, 0.4) is 0 Å². The number of ether oxygens (including phenoxy) is 1. The van der Waals surface area contributed by atoms with Gasteiger partial charge in [-0.1, -0.05) is 30.0 Å². The molecule has 3 aromatic carbocycles. The molecule has 2 heterocycles. The molecule has 5 rings (SSSR count). The smallest absolute Gasteiger partial charge is 0.141 e. The number of para-hydroxylation sites is 1. The molecule has 1 aliphatic rings. The van der Waals surface area contributed by atoms with Gasteiger partial charge >= 0.3 is 0 Å². The number of likely N-dealkylation sites (tertiary alicyclic amines) is 1. The molecule has 2 atom stereocenters. The zero-order valence-corrected chi connectivity index (χ0v) is 21.4. The summed E-state index contributed by atoms with van der Waals surface area (Å²) < 4.78 is 6.02. The number of nitrogens with zero attached hydrogens (tertiary/aromatic N) is 3. The van der Waals surface area contributed by atoms with E-state index in [1.54, 1.807) is 6.33 Å². The molecule has 188 valence electrons. The summed E-state index contributed by atoms with van der Waals surface area (Å²) in [5, 5.41) is 4.41. The van der Waals surface area contributed by atoms with Gasteiger partial charge in [0.05, 0.1) is 5.52 Å². The van der Waals surface area contributed by atoms with Gasteiger partial charge in [-0.15, -0.1) is 0 Å². The fourth-order valence-corrected chi connectivity index (χ4v) is 4.76. The maximum atomic E-state index is 6.02. The Morgan fingerprint density at radius 2 is 1.97 bits per heavy atom. The van der Waals surface area contributed by atoms with Crippen molar-refractivity contribution in [2.45, 2.75) is 32.7 Å². The number of hydrogen-bond acceptors (Lipinski definition) is 6. The highest BCUT2D eigenvalue weighted by Gasteiger charge is 2.18. The van der Waals surface area contributed by atoms with Crippen LogP contribution in [-0.4, -0.2) is 40.5 Å². The zero-order chi connectivity index (χ0) is 25.6. The number of piperidine rings is 1. The molecule has 6 heteroatoms. The van der Waals surface area contributed by atoms with E-state index >= 15 is 0 Å². The van der Waals surface area contributed by atoms with Gasteiger partial charge in [-0.2, -0.15) is 0 Å². The van der Waals surface area contributed by atoms with Crippen molar-refractivity contribution in [3.8, 4) is 23.3 Å². The molecule has 37 heavy (non-hydrogen) atoms. The molecule has 0 aliphatic carbocycles. The van der Waals surface area contributed by atoms with Crippen molar-refractivity contribution in [3.05, 3.63) is 84.2 Å². The molecule has 0 amide bonds. The van der Waals surface area contributed by atoms with E-state index in [0.717, 1.165) is 71.1 Å². The SMILES string of the molecule is Cc1cc(Nc2ncnc3ccc(C#CC4CCCN(CC(C)N)C4)cc23)ccc1Oc1ccccc1. The van der Waals surface area contributed by atoms with E-state index in [2.05, 4.69) is 51.1 Å². The van der Waals surface area contributed by atoms with Crippen LogP contribution in [0.4, 0.5) is 11.5 Å². The van der Waals surface area contributed by atoms with Gasteiger partial charge in [0.1, 0.15) is 23.6 Å². The lowest BCUT2D eigenvalue weighted by Crippen LogP contribution is -2.41. The van der Waals surface area contributed by atoms with Crippen LogP contribution in [-0.2, 0) is 0 Å². The molecule has 0 bridgehead atoms. The number of rotatable bonds is 6. The predicted octanol–water partition coefficient (Wildman–Crippen LogP) is 5.88. The van der Waals surface area contributed by atoms with E-state index in [-0.39, 0.29) is 6.04 Å². The minimum atomic E-state index is 0.189. The number of nitrogens with one attached hydrogen (secondary N) is 1. The van der Waals surface area contributed by atoms with E-state index in [1.807, 2.05) is 61.5 Å². The summed E-state index contributed by atoms with van der Waals surface area (Å²) in [4.78, 5) is 11.4. The Morgan fingerprint density at radius 3 is 2.78 bits per heavy atom. The zero-order valence-electron chi connectivity index (χ0n) is 21.4. The van der Waals surface area contributed by atoms with Gasteiger partial charge in [0.25, 0.3) is 0 Å². The summed E-state index contributed by atoms with van der Waals surface area (Å²) in [7, 11) is 0. The molecule has 4 aromatic rings. The second kappa shape index (κ2) is 11.4. The summed E-state index contributed by atoms with van der Waals surface area (Å²) in [5.74, 6) is 9.67. The van der Waals surface area contributed by atoms with E-state index in [0.29, 0.717) is 5.92 Å². The summed E-state index contributed by atoms with van der Waals surface area (Å²) in [6.07, 6.45) is 3.89. The predicted molar refractivity (Wildman–Crippen MR) is 150 cm³/mol. The molecule has 3 N–H and O–H groups in total. The first-order valence-corrected chi connectivity index (χ1v) is 12.9. The largest absolute Gasteiger partial charge is 0.457 e. The summed E-state index contributed by atoms with van der Waals surface area (Å²) in [6.45, 7) is 7.13. The van der Waals surface area contributed by atoms with Crippen LogP contribution in [0.15, 0.2) is 73.1 Å². The average molecular weight is 492 g/mol. The van der Waals surface area contributed by atoms with Crippen molar-refractivity contribution in [1.29, 1.82) is 0 Å². The monoisotopic (exact) mass is 491 g/mol. The van der Waals surface area contributed by atoms with E-state index in [9.17, 15) is 0 Å². The molecule has 0 saturated carbocycles. The quantitative estimate of drug-likeness (QED) is 0.328. The highest BCUT2D eigenvalue weighted by atomic mass is 16.5. The Balaban J connectivity index is 1.33. The maximum Gasteiger partial charge on any atom is 0.141 e. The van der Waals surface area contributed by atoms with E-state index in [1.165, 1.54) is 6.42 Å². The third kappa shape index (κ3) is 6.45. The van der Waals surface area contributed by atoms with Crippen LogP contribution in [0.1, 0.15) is 30.9 Å². The van der Waals surface area contributed by atoms with Crippen molar-refractivity contribution in [2.24, 2.45) is 11.7 Å². The molecular formula is C31H33N5O. The molecule has 1 saturated heterocycles. The van der Waals surface area contributed by atoms with E-state index < -0.39 is 0 Å². The summed E-state index contributed by atoms with van der Waals surface area (Å²) >= 11 is 0. The highest BCUT2D eigenvalue weighted by Crippen LogP contribution is 2.30. The minimum absolute atomic E-state index is 0.189. The van der Waals surface area contributed by atoms with Crippen molar-refractivity contribution in [3.63, 3.8) is 0 Å². The molecule has 0 radical (unpaired) electrons. The molecule has 1 fully saturated rings. The average Bonchev–Trinajstić information content (AvgIpc) is 2.90. The van der Waals surface area contributed by atoms with Gasteiger partial charge in [0.15, 0.2) is 0 Å². The number of nitrogens with two attached hydrogens (primary N) is 1. The van der Waals surface area contributed by atoms with E-state index in [4.69, 9.17) is 10.5 Å². The fourth-order valence-electron chi connectivity index (χ4n) is 4.76. The van der Waals surface area contributed by atoms with Crippen LogP contribution < -0.4 is 15.8 Å². The van der Waals surface area contributed by atoms with Crippen LogP contribution in [0.2, 0.25) is 0 Å². The van der Waals surface area contributed by atoms with Crippen LogP contribution >= 0.6 is 0 Å². The lowest BCUT2D eigenvalue weighted by atomic mass is 9.97. The van der Waals surface area contributed by atoms with Gasteiger partial charge in [-0.25, -0.2) is 9.97 Å². The van der Waals surface area contributed by atoms with Crippen LogP contribution in [0.5, 0.6) is 11.5 Å². The molecular weight excluding hydrogens is 458 g/mol. The van der Waals surface area contributed by atoms with Crippen LogP contribution in [0.25, 0.3) is 10.9 Å². The highest BCUT2D eigenvalue weighted by molar-refractivity contribution is 5.91. The second-order valence-electron chi connectivity index (χ2n) is 9.82. The summed E-state index contributed by atoms with van der Waals surface area (Å²) in [6, 6.07) is 22.2.